The Morgan fingerprint density at radius 3 is 2.14 bits per heavy atom. The first-order chi connectivity index (χ1) is 17.9. The zero-order valence-electron chi connectivity index (χ0n) is 19.9. The van der Waals surface area contributed by atoms with Gasteiger partial charge in [-0.25, -0.2) is 4.79 Å². The van der Waals surface area contributed by atoms with Gasteiger partial charge in [-0.1, -0.05) is 66.2 Å². The summed E-state index contributed by atoms with van der Waals surface area (Å²) in [5, 5.41) is 28.0. The minimum atomic E-state index is -0.288. The van der Waals surface area contributed by atoms with Crippen LogP contribution in [0.5, 0.6) is 11.5 Å². The molecule has 0 heterocycles. The van der Waals surface area contributed by atoms with E-state index in [0.717, 1.165) is 38.6 Å². The van der Waals surface area contributed by atoms with Gasteiger partial charge in [0, 0.05) is 17.3 Å². The summed E-state index contributed by atoms with van der Waals surface area (Å²) >= 11 is 5.89. The van der Waals surface area contributed by atoms with Crippen molar-refractivity contribution in [2.75, 3.05) is 5.32 Å². The average Bonchev–Trinajstić information content (AvgIpc) is 2.90. The molecule has 0 aromatic heterocycles. The number of benzene rings is 5. The van der Waals surface area contributed by atoms with Gasteiger partial charge in [-0.2, -0.15) is 0 Å². The highest BCUT2D eigenvalue weighted by atomic mass is 35.5. The topological polar surface area (TPSA) is 81.6 Å². The molecular formula is C31H25ClN2O3. The van der Waals surface area contributed by atoms with Crippen LogP contribution in [0.15, 0.2) is 103 Å². The number of fused-ring (bicyclic) bond motifs is 1. The Morgan fingerprint density at radius 2 is 1.41 bits per heavy atom. The van der Waals surface area contributed by atoms with E-state index in [1.54, 1.807) is 48.5 Å². The van der Waals surface area contributed by atoms with Gasteiger partial charge in [0.15, 0.2) is 0 Å². The van der Waals surface area contributed by atoms with Crippen molar-refractivity contribution in [2.45, 2.75) is 13.0 Å². The van der Waals surface area contributed by atoms with E-state index < -0.39 is 0 Å². The van der Waals surface area contributed by atoms with Crippen LogP contribution in [-0.4, -0.2) is 16.2 Å². The fourth-order valence-electron chi connectivity index (χ4n) is 4.35. The van der Waals surface area contributed by atoms with Gasteiger partial charge in [0.1, 0.15) is 11.5 Å². The minimum absolute atomic E-state index is 0.224. The fourth-order valence-corrected chi connectivity index (χ4v) is 4.48. The van der Waals surface area contributed by atoms with Gasteiger partial charge < -0.3 is 20.8 Å². The number of rotatable bonds is 6. The molecule has 0 aliphatic rings. The molecule has 0 saturated carbocycles. The van der Waals surface area contributed by atoms with Crippen molar-refractivity contribution >= 4 is 34.1 Å². The molecule has 37 heavy (non-hydrogen) atoms. The smallest absolute Gasteiger partial charge is 0.319 e. The summed E-state index contributed by atoms with van der Waals surface area (Å²) in [5.41, 5.74) is 5.99. The molecule has 2 amide bonds. The van der Waals surface area contributed by atoms with Crippen LogP contribution in [0, 0.1) is 0 Å². The Hall–Kier alpha value is -4.48. The van der Waals surface area contributed by atoms with Crippen molar-refractivity contribution in [3.05, 3.63) is 125 Å². The molecule has 0 aliphatic heterocycles. The molecule has 5 nitrogen and oxygen atoms in total. The predicted molar refractivity (Wildman–Crippen MR) is 149 cm³/mol. The van der Waals surface area contributed by atoms with E-state index >= 15 is 0 Å². The van der Waals surface area contributed by atoms with Crippen molar-refractivity contribution in [3.8, 4) is 22.6 Å². The zero-order chi connectivity index (χ0) is 25.8. The van der Waals surface area contributed by atoms with Crippen molar-refractivity contribution in [1.82, 2.24) is 5.32 Å². The fraction of sp³-hybridized carbons (Fsp3) is 0.0645. The highest BCUT2D eigenvalue weighted by Gasteiger charge is 2.12. The highest BCUT2D eigenvalue weighted by Crippen LogP contribution is 2.34. The summed E-state index contributed by atoms with van der Waals surface area (Å²) in [7, 11) is 0. The second-order valence-corrected chi connectivity index (χ2v) is 9.29. The molecule has 0 fully saturated rings. The first kappa shape index (κ1) is 24.2. The molecule has 5 rings (SSSR count). The number of halogens is 1. The van der Waals surface area contributed by atoms with Gasteiger partial charge in [-0.15, -0.1) is 0 Å². The Morgan fingerprint density at radius 1 is 0.730 bits per heavy atom. The van der Waals surface area contributed by atoms with E-state index in [1.807, 2.05) is 36.4 Å². The van der Waals surface area contributed by atoms with E-state index in [4.69, 9.17) is 11.6 Å². The van der Waals surface area contributed by atoms with Crippen LogP contribution < -0.4 is 10.6 Å². The third-order valence-electron chi connectivity index (χ3n) is 6.25. The third kappa shape index (κ3) is 5.85. The molecular weight excluding hydrogens is 484 g/mol. The number of phenolic OH excluding ortho intramolecular Hbond substituents is 2. The second-order valence-electron chi connectivity index (χ2n) is 8.85. The number of phenols is 2. The van der Waals surface area contributed by atoms with Crippen LogP contribution in [0.1, 0.15) is 16.7 Å². The number of anilines is 1. The molecule has 0 radical (unpaired) electrons. The van der Waals surface area contributed by atoms with E-state index in [2.05, 4.69) is 28.8 Å². The number of carbonyl (C=O) groups excluding carboxylic acids is 1. The van der Waals surface area contributed by atoms with Crippen molar-refractivity contribution in [2.24, 2.45) is 0 Å². The molecule has 6 heteroatoms. The lowest BCUT2D eigenvalue weighted by atomic mass is 9.90. The van der Waals surface area contributed by atoms with Crippen LogP contribution in [0.4, 0.5) is 10.5 Å². The van der Waals surface area contributed by atoms with Gasteiger partial charge in [0.05, 0.1) is 0 Å². The van der Waals surface area contributed by atoms with Crippen molar-refractivity contribution in [3.63, 3.8) is 0 Å². The molecule has 0 atom stereocenters. The van der Waals surface area contributed by atoms with Gasteiger partial charge in [0.2, 0.25) is 0 Å². The molecule has 4 N–H and O–H groups in total. The molecule has 184 valence electrons. The quantitative estimate of drug-likeness (QED) is 0.192. The van der Waals surface area contributed by atoms with Gasteiger partial charge in [0.25, 0.3) is 0 Å². The Kier molecular flexibility index (Phi) is 6.97. The summed E-state index contributed by atoms with van der Waals surface area (Å²) < 4.78 is 0. The van der Waals surface area contributed by atoms with Gasteiger partial charge >= 0.3 is 6.03 Å². The lowest BCUT2D eigenvalue weighted by molar-refractivity contribution is 0.251. The second kappa shape index (κ2) is 10.6. The first-order valence-electron chi connectivity index (χ1n) is 11.9. The summed E-state index contributed by atoms with van der Waals surface area (Å²) in [4.78, 5) is 12.2. The summed E-state index contributed by atoms with van der Waals surface area (Å²) in [5.74, 6) is 0.454. The molecule has 0 unspecified atom stereocenters. The van der Waals surface area contributed by atoms with Gasteiger partial charge in [-0.3, -0.25) is 0 Å². The third-order valence-corrected chi connectivity index (χ3v) is 6.50. The average molecular weight is 509 g/mol. The lowest BCUT2D eigenvalue weighted by Gasteiger charge is -2.15. The van der Waals surface area contributed by atoms with Crippen LogP contribution in [0.2, 0.25) is 5.02 Å². The maximum Gasteiger partial charge on any atom is 0.319 e. The molecule has 5 aromatic rings. The number of amides is 2. The largest absolute Gasteiger partial charge is 0.508 e. The maximum atomic E-state index is 12.2. The van der Waals surface area contributed by atoms with E-state index in [9.17, 15) is 15.0 Å². The van der Waals surface area contributed by atoms with Crippen molar-refractivity contribution in [1.29, 1.82) is 0 Å². The van der Waals surface area contributed by atoms with Crippen LogP contribution in [0.3, 0.4) is 0 Å². The number of hydrogen-bond acceptors (Lipinski definition) is 3. The number of carbonyl (C=O) groups is 1. The van der Waals surface area contributed by atoms with E-state index in [-0.39, 0.29) is 17.5 Å². The Balaban J connectivity index is 1.34. The van der Waals surface area contributed by atoms with Crippen molar-refractivity contribution < 1.29 is 15.0 Å². The molecule has 0 bridgehead atoms. The van der Waals surface area contributed by atoms with E-state index in [0.29, 0.717) is 23.7 Å². The number of nitrogens with one attached hydrogen (secondary N) is 2. The molecule has 0 spiro atoms. The zero-order valence-corrected chi connectivity index (χ0v) is 20.7. The summed E-state index contributed by atoms with van der Waals surface area (Å²) in [6.45, 7) is 0.395. The Bertz CT molecular complexity index is 1550. The van der Waals surface area contributed by atoms with E-state index in [1.165, 1.54) is 0 Å². The van der Waals surface area contributed by atoms with Crippen LogP contribution >= 0.6 is 11.6 Å². The summed E-state index contributed by atoms with van der Waals surface area (Å²) in [6, 6.07) is 31.5. The summed E-state index contributed by atoms with van der Waals surface area (Å²) in [6.07, 6.45) is 0.684. The van der Waals surface area contributed by atoms with Gasteiger partial charge in [-0.05, 0) is 93.5 Å². The number of urea groups is 1. The number of hydrogen-bond donors (Lipinski definition) is 4. The molecule has 5 aromatic carbocycles. The van der Waals surface area contributed by atoms with Crippen LogP contribution in [-0.2, 0) is 13.0 Å². The first-order valence-corrected chi connectivity index (χ1v) is 12.2. The normalized spacial score (nSPS) is 10.8. The highest BCUT2D eigenvalue weighted by molar-refractivity contribution is 6.30. The predicted octanol–water partition coefficient (Wildman–Crippen LogP) is 7.48. The number of aromatic hydroxyl groups is 2. The standard InChI is InChI=1S/C31H25ClN2O3/c32-24-8-10-25(11-9-24)34-31(37)33-19-21-3-1-20(2-4-21)17-30-28(22-5-12-26(35)13-6-22)15-7-23-18-27(36)14-16-29(23)30/h1-16,18,35-36H,17,19H2,(H2,33,34,37). The lowest BCUT2D eigenvalue weighted by Crippen LogP contribution is -2.28. The maximum absolute atomic E-state index is 12.2. The minimum Gasteiger partial charge on any atom is -0.508 e. The monoisotopic (exact) mass is 508 g/mol. The Labute approximate surface area is 220 Å². The van der Waals surface area contributed by atoms with Crippen LogP contribution in [0.25, 0.3) is 21.9 Å². The molecule has 0 aliphatic carbocycles. The molecule has 0 saturated heterocycles. The SMILES string of the molecule is O=C(NCc1ccc(Cc2c(-c3ccc(O)cc3)ccc3cc(O)ccc23)cc1)Nc1ccc(Cl)cc1.